The molecule has 1 N–H and O–H groups in total. The number of hydrazone groups is 1. The number of thiocarbonyl (C=S) groups is 1. The monoisotopic (exact) mass is 359 g/mol. The van der Waals surface area contributed by atoms with Gasteiger partial charge < -0.3 is 10.1 Å². The first-order chi connectivity index (χ1) is 11.6. The smallest absolute Gasteiger partial charge is 0.189 e. The molecule has 0 amide bonds. The third kappa shape index (κ3) is 3.23. The fourth-order valence-electron chi connectivity index (χ4n) is 2.76. The van der Waals surface area contributed by atoms with Gasteiger partial charge in [-0.05, 0) is 36.0 Å². The van der Waals surface area contributed by atoms with E-state index >= 15 is 0 Å². The zero-order valence-electron chi connectivity index (χ0n) is 13.5. The van der Waals surface area contributed by atoms with Crippen LogP contribution in [0.3, 0.4) is 0 Å². The second-order valence-electron chi connectivity index (χ2n) is 5.42. The van der Waals surface area contributed by atoms with Gasteiger partial charge in [-0.15, -0.1) is 0 Å². The number of nitrogens with one attached hydrogen (secondary N) is 1. The Morgan fingerprint density at radius 3 is 2.58 bits per heavy atom. The molecule has 1 unspecified atom stereocenters. The van der Waals surface area contributed by atoms with Crippen LogP contribution in [0.25, 0.3) is 0 Å². The predicted molar refractivity (Wildman–Crippen MR) is 102 cm³/mol. The maximum atomic E-state index is 6.33. The summed E-state index contributed by atoms with van der Waals surface area (Å²) in [6, 6.07) is 15.7. The minimum Gasteiger partial charge on any atom is -0.497 e. The Morgan fingerprint density at radius 1 is 1.25 bits per heavy atom. The normalized spacial score (nSPS) is 16.7. The van der Waals surface area contributed by atoms with E-state index in [1.165, 1.54) is 0 Å². The molecule has 3 rings (SSSR count). The van der Waals surface area contributed by atoms with Crippen molar-refractivity contribution in [3.63, 3.8) is 0 Å². The zero-order chi connectivity index (χ0) is 17.1. The molecule has 2 aromatic carbocycles. The van der Waals surface area contributed by atoms with Crippen LogP contribution in [0.5, 0.6) is 5.75 Å². The molecule has 0 aromatic heterocycles. The number of nitrogens with zero attached hydrogens (tertiary/aromatic N) is 2. The fraction of sp³-hybridized carbons (Fsp3) is 0.222. The second kappa shape index (κ2) is 7.20. The van der Waals surface area contributed by atoms with Gasteiger partial charge in [0.25, 0.3) is 0 Å². The highest BCUT2D eigenvalue weighted by atomic mass is 35.5. The SMILES string of the molecule is CNC(=S)N1N=C(c2ccccc2Cl)CC1c1ccc(OC)cc1. The summed E-state index contributed by atoms with van der Waals surface area (Å²) in [7, 11) is 3.46. The van der Waals surface area contributed by atoms with Crippen LogP contribution in [-0.4, -0.2) is 30.0 Å². The van der Waals surface area contributed by atoms with Gasteiger partial charge in [-0.2, -0.15) is 5.10 Å². The van der Waals surface area contributed by atoms with E-state index in [1.54, 1.807) is 14.2 Å². The Morgan fingerprint density at radius 2 is 1.96 bits per heavy atom. The summed E-state index contributed by atoms with van der Waals surface area (Å²) >= 11 is 11.8. The Hall–Kier alpha value is -2.11. The van der Waals surface area contributed by atoms with Crippen molar-refractivity contribution >= 4 is 34.6 Å². The van der Waals surface area contributed by atoms with E-state index in [2.05, 4.69) is 5.32 Å². The van der Waals surface area contributed by atoms with Crippen LogP contribution < -0.4 is 10.1 Å². The number of halogens is 1. The summed E-state index contributed by atoms with van der Waals surface area (Å²) in [5, 5.41) is 10.8. The molecule has 0 spiro atoms. The summed E-state index contributed by atoms with van der Waals surface area (Å²) in [6.45, 7) is 0. The molecule has 1 aliphatic rings. The third-order valence-electron chi connectivity index (χ3n) is 4.02. The highest BCUT2D eigenvalue weighted by Crippen LogP contribution is 2.34. The lowest BCUT2D eigenvalue weighted by Crippen LogP contribution is -2.34. The maximum absolute atomic E-state index is 6.33. The predicted octanol–water partition coefficient (Wildman–Crippen LogP) is 4.00. The molecular weight excluding hydrogens is 342 g/mol. The Labute approximate surface area is 152 Å². The summed E-state index contributed by atoms with van der Waals surface area (Å²) in [4.78, 5) is 0. The van der Waals surface area contributed by atoms with Crippen molar-refractivity contribution in [1.82, 2.24) is 10.3 Å². The molecule has 0 bridgehead atoms. The molecule has 6 heteroatoms. The zero-order valence-corrected chi connectivity index (χ0v) is 15.1. The van der Waals surface area contributed by atoms with Gasteiger partial charge in [-0.1, -0.05) is 41.9 Å². The Kier molecular flexibility index (Phi) is 5.02. The third-order valence-corrected chi connectivity index (χ3v) is 4.74. The standard InChI is InChI=1S/C18H18ClN3OS/c1-20-18(24)22-17(12-7-9-13(23-2)10-8-12)11-16(21-22)14-5-3-4-6-15(14)19/h3-10,17H,11H2,1-2H3,(H,20,24). The molecule has 4 nitrogen and oxygen atoms in total. The first-order valence-electron chi connectivity index (χ1n) is 7.61. The number of hydrogen-bond donors (Lipinski definition) is 1. The van der Waals surface area contributed by atoms with E-state index in [0.29, 0.717) is 10.1 Å². The van der Waals surface area contributed by atoms with Crippen molar-refractivity contribution in [3.05, 3.63) is 64.7 Å². The molecule has 2 aromatic rings. The van der Waals surface area contributed by atoms with Crippen molar-refractivity contribution in [2.45, 2.75) is 12.5 Å². The van der Waals surface area contributed by atoms with Gasteiger partial charge in [-0.3, -0.25) is 0 Å². The van der Waals surface area contributed by atoms with Gasteiger partial charge in [0.05, 0.1) is 18.9 Å². The molecule has 0 fully saturated rings. The summed E-state index contributed by atoms with van der Waals surface area (Å²) in [5.74, 6) is 0.826. The molecule has 1 heterocycles. The van der Waals surface area contributed by atoms with Crippen molar-refractivity contribution in [1.29, 1.82) is 0 Å². The van der Waals surface area contributed by atoms with Gasteiger partial charge in [-0.25, -0.2) is 5.01 Å². The first-order valence-corrected chi connectivity index (χ1v) is 8.40. The van der Waals surface area contributed by atoms with Crippen molar-refractivity contribution in [3.8, 4) is 5.75 Å². The van der Waals surface area contributed by atoms with Gasteiger partial charge in [0.2, 0.25) is 0 Å². The van der Waals surface area contributed by atoms with Gasteiger partial charge in [0.15, 0.2) is 5.11 Å². The number of methoxy groups -OCH3 is 1. The average Bonchev–Trinajstić information content (AvgIpc) is 3.06. The van der Waals surface area contributed by atoms with Crippen LogP contribution in [-0.2, 0) is 0 Å². The minimum atomic E-state index is 0.0297. The molecule has 0 aliphatic carbocycles. The molecular formula is C18H18ClN3OS. The molecule has 124 valence electrons. The van der Waals surface area contributed by atoms with E-state index < -0.39 is 0 Å². The van der Waals surface area contributed by atoms with E-state index in [9.17, 15) is 0 Å². The molecule has 0 saturated carbocycles. The maximum Gasteiger partial charge on any atom is 0.189 e. The molecule has 0 radical (unpaired) electrons. The van der Waals surface area contributed by atoms with E-state index in [1.807, 2.05) is 53.5 Å². The van der Waals surface area contributed by atoms with Crippen LogP contribution in [0.4, 0.5) is 0 Å². The van der Waals surface area contributed by atoms with E-state index in [4.69, 9.17) is 33.7 Å². The van der Waals surface area contributed by atoms with Crippen molar-refractivity contribution in [2.75, 3.05) is 14.2 Å². The van der Waals surface area contributed by atoms with Gasteiger partial charge in [0, 0.05) is 24.1 Å². The molecule has 1 atom stereocenters. The number of benzene rings is 2. The van der Waals surface area contributed by atoms with Gasteiger partial charge in [0.1, 0.15) is 5.75 Å². The fourth-order valence-corrected chi connectivity index (χ4v) is 3.17. The lowest BCUT2D eigenvalue weighted by atomic mass is 9.98. The number of rotatable bonds is 3. The molecule has 24 heavy (non-hydrogen) atoms. The van der Waals surface area contributed by atoms with E-state index in [0.717, 1.165) is 29.0 Å². The van der Waals surface area contributed by atoms with Crippen LogP contribution in [0.15, 0.2) is 53.6 Å². The average molecular weight is 360 g/mol. The van der Waals surface area contributed by atoms with Gasteiger partial charge >= 0.3 is 0 Å². The first kappa shape index (κ1) is 16.7. The second-order valence-corrected chi connectivity index (χ2v) is 6.21. The van der Waals surface area contributed by atoms with Crippen LogP contribution >= 0.6 is 23.8 Å². The Balaban J connectivity index is 1.95. The largest absolute Gasteiger partial charge is 0.497 e. The lowest BCUT2D eigenvalue weighted by molar-refractivity contribution is 0.365. The highest BCUT2D eigenvalue weighted by Gasteiger charge is 2.31. The topological polar surface area (TPSA) is 36.9 Å². The minimum absolute atomic E-state index is 0.0297. The molecule has 0 saturated heterocycles. The number of hydrogen-bond acceptors (Lipinski definition) is 3. The van der Waals surface area contributed by atoms with Crippen molar-refractivity contribution in [2.24, 2.45) is 5.10 Å². The Bertz CT molecular complexity index is 776. The highest BCUT2D eigenvalue weighted by molar-refractivity contribution is 7.80. The molecule has 1 aliphatic heterocycles. The summed E-state index contributed by atoms with van der Waals surface area (Å²) in [6.07, 6.45) is 0.734. The van der Waals surface area contributed by atoms with Crippen LogP contribution in [0.1, 0.15) is 23.6 Å². The van der Waals surface area contributed by atoms with E-state index in [-0.39, 0.29) is 6.04 Å². The van der Waals surface area contributed by atoms with Crippen molar-refractivity contribution < 1.29 is 4.74 Å². The number of ether oxygens (including phenoxy) is 1. The summed E-state index contributed by atoms with van der Waals surface area (Å²) in [5.41, 5.74) is 3.00. The quantitative estimate of drug-likeness (QED) is 0.840. The summed E-state index contributed by atoms with van der Waals surface area (Å²) < 4.78 is 5.24. The van der Waals surface area contributed by atoms with Crippen LogP contribution in [0.2, 0.25) is 5.02 Å². The lowest BCUT2D eigenvalue weighted by Gasteiger charge is -2.23. The van der Waals surface area contributed by atoms with Crippen LogP contribution in [0, 0.1) is 0 Å².